The first-order valence-electron chi connectivity index (χ1n) is 5.76. The van der Waals surface area contributed by atoms with Crippen LogP contribution in [0.2, 0.25) is 0 Å². The molecule has 16 heavy (non-hydrogen) atoms. The number of ether oxygens (including phenoxy) is 1. The van der Waals surface area contributed by atoms with Crippen LogP contribution in [0.4, 0.5) is 0 Å². The van der Waals surface area contributed by atoms with Crippen LogP contribution in [0.25, 0.3) is 0 Å². The third-order valence-electron chi connectivity index (χ3n) is 2.84. The number of nitrogens with zero attached hydrogens (tertiary/aromatic N) is 1. The minimum atomic E-state index is 0.827. The minimum absolute atomic E-state index is 0.827. The van der Waals surface area contributed by atoms with Crippen molar-refractivity contribution in [2.75, 3.05) is 26.3 Å². The van der Waals surface area contributed by atoms with Gasteiger partial charge in [0.05, 0.1) is 19.3 Å². The van der Waals surface area contributed by atoms with E-state index in [9.17, 15) is 0 Å². The molecule has 0 bridgehead atoms. The van der Waals surface area contributed by atoms with Crippen LogP contribution < -0.4 is 0 Å². The molecular weight excluding hydrogens is 198 g/mol. The summed E-state index contributed by atoms with van der Waals surface area (Å²) in [7, 11) is 0. The van der Waals surface area contributed by atoms with Crippen LogP contribution in [-0.4, -0.2) is 31.2 Å². The Morgan fingerprint density at radius 2 is 1.94 bits per heavy atom. The maximum Gasteiger partial charge on any atom is 0.0728 e. The highest BCUT2D eigenvalue weighted by atomic mass is 16.5. The highest BCUT2D eigenvalue weighted by molar-refractivity contribution is 5.30. The van der Waals surface area contributed by atoms with Gasteiger partial charge in [0.15, 0.2) is 0 Å². The molecule has 0 N–H and O–H groups in total. The van der Waals surface area contributed by atoms with Gasteiger partial charge in [-0.15, -0.1) is 6.58 Å². The molecule has 0 unspecified atom stereocenters. The molecule has 85 valence electrons. The highest BCUT2D eigenvalue weighted by Crippen LogP contribution is 2.24. The molecule has 1 aliphatic rings. The summed E-state index contributed by atoms with van der Waals surface area (Å²) < 4.78 is 5.38. The van der Waals surface area contributed by atoms with Gasteiger partial charge >= 0.3 is 0 Å². The second-order valence-corrected chi connectivity index (χ2v) is 3.90. The molecule has 0 atom stereocenters. The SMILES string of the molecule is C=CC[C](c1ccccc1)N1CCOCC1. The number of morpholine rings is 1. The Hall–Kier alpha value is -1.12. The van der Waals surface area contributed by atoms with Crippen LogP contribution >= 0.6 is 0 Å². The normalized spacial score (nSPS) is 17.6. The molecule has 1 heterocycles. The van der Waals surface area contributed by atoms with E-state index in [4.69, 9.17) is 4.74 Å². The summed E-state index contributed by atoms with van der Waals surface area (Å²) >= 11 is 0. The van der Waals surface area contributed by atoms with Gasteiger partial charge in [0.1, 0.15) is 0 Å². The van der Waals surface area contributed by atoms with Gasteiger partial charge < -0.3 is 4.74 Å². The van der Waals surface area contributed by atoms with Crippen LogP contribution in [0.15, 0.2) is 43.0 Å². The fraction of sp³-hybridized carbons (Fsp3) is 0.357. The molecule has 0 aliphatic carbocycles. The summed E-state index contributed by atoms with van der Waals surface area (Å²) in [4.78, 5) is 2.40. The number of rotatable bonds is 4. The van der Waals surface area contributed by atoms with Gasteiger partial charge in [0, 0.05) is 13.1 Å². The van der Waals surface area contributed by atoms with E-state index in [1.807, 2.05) is 12.1 Å². The van der Waals surface area contributed by atoms with E-state index >= 15 is 0 Å². The first-order valence-corrected chi connectivity index (χ1v) is 5.76. The topological polar surface area (TPSA) is 12.5 Å². The number of hydrogen-bond donors (Lipinski definition) is 0. The molecule has 2 rings (SSSR count). The van der Waals surface area contributed by atoms with Crippen molar-refractivity contribution in [3.05, 3.63) is 54.6 Å². The largest absolute Gasteiger partial charge is 0.379 e. The molecule has 0 spiro atoms. The lowest BCUT2D eigenvalue weighted by molar-refractivity contribution is 0.0434. The van der Waals surface area contributed by atoms with Gasteiger partial charge in [-0.3, -0.25) is 4.90 Å². The Morgan fingerprint density at radius 3 is 2.56 bits per heavy atom. The quantitative estimate of drug-likeness (QED) is 0.717. The zero-order chi connectivity index (χ0) is 11.2. The maximum absolute atomic E-state index is 5.38. The van der Waals surface area contributed by atoms with Crippen molar-refractivity contribution in [3.8, 4) is 0 Å². The fourth-order valence-electron chi connectivity index (χ4n) is 2.03. The fourth-order valence-corrected chi connectivity index (χ4v) is 2.03. The smallest absolute Gasteiger partial charge is 0.0728 e. The molecule has 1 fully saturated rings. The van der Waals surface area contributed by atoms with E-state index in [2.05, 4.69) is 35.7 Å². The Bertz CT molecular complexity index is 317. The molecule has 0 amide bonds. The van der Waals surface area contributed by atoms with E-state index < -0.39 is 0 Å². The van der Waals surface area contributed by atoms with Crippen molar-refractivity contribution < 1.29 is 4.74 Å². The summed E-state index contributed by atoms with van der Waals surface area (Å²) in [5.41, 5.74) is 1.30. The lowest BCUT2D eigenvalue weighted by Gasteiger charge is -2.33. The first-order chi connectivity index (χ1) is 7.92. The lowest BCUT2D eigenvalue weighted by Crippen LogP contribution is -2.39. The molecule has 1 aromatic carbocycles. The Kier molecular flexibility index (Phi) is 4.14. The van der Waals surface area contributed by atoms with Crippen molar-refractivity contribution in [1.82, 2.24) is 4.90 Å². The molecule has 2 heteroatoms. The molecule has 0 aromatic heterocycles. The highest BCUT2D eigenvalue weighted by Gasteiger charge is 2.21. The molecule has 0 saturated carbocycles. The molecule has 1 aromatic rings. The Morgan fingerprint density at radius 1 is 1.25 bits per heavy atom. The van der Waals surface area contributed by atoms with E-state index in [-0.39, 0.29) is 0 Å². The second-order valence-electron chi connectivity index (χ2n) is 3.90. The van der Waals surface area contributed by atoms with Crippen molar-refractivity contribution in [2.24, 2.45) is 0 Å². The molecule has 1 radical (unpaired) electrons. The van der Waals surface area contributed by atoms with E-state index in [0.717, 1.165) is 32.7 Å². The summed E-state index contributed by atoms with van der Waals surface area (Å²) in [5, 5.41) is 0. The zero-order valence-corrected chi connectivity index (χ0v) is 9.56. The molecular formula is C14H18NO. The number of benzene rings is 1. The van der Waals surface area contributed by atoms with E-state index in [1.165, 1.54) is 11.6 Å². The summed E-state index contributed by atoms with van der Waals surface area (Å²) in [6.45, 7) is 7.46. The molecule has 1 aliphatic heterocycles. The summed E-state index contributed by atoms with van der Waals surface area (Å²) in [6.07, 6.45) is 2.89. The van der Waals surface area contributed by atoms with Gasteiger partial charge in [-0.25, -0.2) is 0 Å². The molecule has 2 nitrogen and oxygen atoms in total. The average Bonchev–Trinajstić information content (AvgIpc) is 2.38. The van der Waals surface area contributed by atoms with Gasteiger partial charge in [0.2, 0.25) is 0 Å². The lowest BCUT2D eigenvalue weighted by atomic mass is 10.0. The number of hydrogen-bond acceptors (Lipinski definition) is 2. The first kappa shape index (κ1) is 11.4. The monoisotopic (exact) mass is 216 g/mol. The third kappa shape index (κ3) is 2.71. The van der Waals surface area contributed by atoms with Gasteiger partial charge in [-0.05, 0) is 12.0 Å². The van der Waals surface area contributed by atoms with E-state index in [1.54, 1.807) is 0 Å². The van der Waals surface area contributed by atoms with Crippen LogP contribution in [0.1, 0.15) is 12.0 Å². The van der Waals surface area contributed by atoms with Crippen LogP contribution in [0, 0.1) is 6.04 Å². The Balaban J connectivity index is 2.12. The second kappa shape index (κ2) is 5.83. The Labute approximate surface area is 97.5 Å². The zero-order valence-electron chi connectivity index (χ0n) is 9.56. The van der Waals surface area contributed by atoms with Crippen molar-refractivity contribution >= 4 is 0 Å². The predicted molar refractivity (Wildman–Crippen MR) is 66.0 cm³/mol. The average molecular weight is 216 g/mol. The van der Waals surface area contributed by atoms with Crippen LogP contribution in [0.3, 0.4) is 0 Å². The van der Waals surface area contributed by atoms with Crippen LogP contribution in [-0.2, 0) is 4.74 Å². The summed E-state index contributed by atoms with van der Waals surface area (Å²) in [5.74, 6) is 0. The summed E-state index contributed by atoms with van der Waals surface area (Å²) in [6, 6.07) is 11.9. The predicted octanol–water partition coefficient (Wildman–Crippen LogP) is 2.47. The third-order valence-corrected chi connectivity index (χ3v) is 2.84. The van der Waals surface area contributed by atoms with E-state index in [0.29, 0.717) is 0 Å². The van der Waals surface area contributed by atoms with Crippen molar-refractivity contribution in [3.63, 3.8) is 0 Å². The van der Waals surface area contributed by atoms with Gasteiger partial charge in [-0.1, -0.05) is 36.4 Å². The standard InChI is InChI=1S/C14H18NO/c1-2-6-14(13-7-4-3-5-8-13)15-9-11-16-12-10-15/h2-5,7-8H,1,6,9-12H2. The maximum atomic E-state index is 5.38. The van der Waals surface area contributed by atoms with Crippen LogP contribution in [0.5, 0.6) is 0 Å². The molecule has 1 saturated heterocycles. The van der Waals surface area contributed by atoms with Crippen molar-refractivity contribution in [1.29, 1.82) is 0 Å². The van der Waals surface area contributed by atoms with Crippen molar-refractivity contribution in [2.45, 2.75) is 6.42 Å². The minimum Gasteiger partial charge on any atom is -0.379 e. The van der Waals surface area contributed by atoms with Gasteiger partial charge in [0.25, 0.3) is 0 Å². The van der Waals surface area contributed by atoms with Gasteiger partial charge in [-0.2, -0.15) is 0 Å².